The van der Waals surface area contributed by atoms with Crippen LogP contribution in [0.15, 0.2) is 0 Å². The molecule has 8 atom stereocenters. The molecular formula is C22H34N2O2. The molecule has 0 aromatic rings. The Bertz CT molecular complexity index is 553. The average molecular weight is 359 g/mol. The van der Waals surface area contributed by atoms with E-state index in [0.29, 0.717) is 23.7 Å². The van der Waals surface area contributed by atoms with Gasteiger partial charge in [0.05, 0.1) is 0 Å². The zero-order valence-corrected chi connectivity index (χ0v) is 16.4. The highest BCUT2D eigenvalue weighted by Gasteiger charge is 2.48. The van der Waals surface area contributed by atoms with Crippen molar-refractivity contribution in [3.63, 3.8) is 0 Å². The number of nitrogens with zero attached hydrogens (tertiary/aromatic N) is 2. The van der Waals surface area contributed by atoms with Gasteiger partial charge >= 0.3 is 0 Å². The third-order valence-electron chi connectivity index (χ3n) is 8.66. The minimum atomic E-state index is 0.167. The van der Waals surface area contributed by atoms with E-state index in [1.807, 2.05) is 0 Å². The van der Waals surface area contributed by atoms with E-state index in [1.165, 1.54) is 38.5 Å². The molecule has 4 heteroatoms. The third-order valence-corrected chi connectivity index (χ3v) is 8.66. The lowest BCUT2D eigenvalue weighted by Gasteiger charge is -2.46. The van der Waals surface area contributed by atoms with Crippen molar-refractivity contribution >= 4 is 11.8 Å². The van der Waals surface area contributed by atoms with Gasteiger partial charge in [0.25, 0.3) is 0 Å². The highest BCUT2D eigenvalue weighted by atomic mass is 16.2. The summed E-state index contributed by atoms with van der Waals surface area (Å²) in [5, 5.41) is 0. The largest absolute Gasteiger partial charge is 0.336 e. The molecule has 4 aliphatic carbocycles. The van der Waals surface area contributed by atoms with Gasteiger partial charge in [-0.3, -0.25) is 9.59 Å². The monoisotopic (exact) mass is 358 g/mol. The molecule has 5 fully saturated rings. The van der Waals surface area contributed by atoms with Crippen molar-refractivity contribution in [3.8, 4) is 0 Å². The van der Waals surface area contributed by atoms with Gasteiger partial charge in [-0.2, -0.15) is 0 Å². The van der Waals surface area contributed by atoms with Crippen molar-refractivity contribution in [1.82, 2.24) is 9.80 Å². The van der Waals surface area contributed by atoms with Crippen LogP contribution in [0.3, 0.4) is 0 Å². The summed E-state index contributed by atoms with van der Waals surface area (Å²) >= 11 is 0. The van der Waals surface area contributed by atoms with Crippen LogP contribution in [0.1, 0.15) is 65.2 Å². The normalized spacial score (nSPS) is 47.0. The first-order valence-corrected chi connectivity index (χ1v) is 11.1. The molecule has 0 spiro atoms. The molecule has 1 saturated heterocycles. The minimum Gasteiger partial charge on any atom is -0.336 e. The summed E-state index contributed by atoms with van der Waals surface area (Å²) in [5.41, 5.74) is 0. The molecule has 0 N–H and O–H groups in total. The molecule has 2 amide bonds. The topological polar surface area (TPSA) is 40.6 Å². The lowest BCUT2D eigenvalue weighted by molar-refractivity contribution is -0.152. The Kier molecular flexibility index (Phi) is 4.09. The molecule has 0 unspecified atom stereocenters. The van der Waals surface area contributed by atoms with E-state index in [0.717, 1.165) is 37.8 Å². The average Bonchev–Trinajstić information content (AvgIpc) is 3.42. The SMILES string of the molecule is C[C@@H]1CN(C(=O)[C@@H]2C[C@@H]3CC[C@@H]2C3)[C@@H](C)CN1C(=O)[C@@H]1C[C@@H]2CC[C@@H]1C2. The van der Waals surface area contributed by atoms with Gasteiger partial charge in [-0.1, -0.05) is 12.8 Å². The maximum absolute atomic E-state index is 13.2. The number of rotatable bonds is 2. The zero-order valence-electron chi connectivity index (χ0n) is 16.4. The van der Waals surface area contributed by atoms with Crippen molar-refractivity contribution in [2.75, 3.05) is 13.1 Å². The number of hydrogen-bond donors (Lipinski definition) is 0. The Morgan fingerprint density at radius 2 is 1.08 bits per heavy atom. The maximum Gasteiger partial charge on any atom is 0.226 e. The van der Waals surface area contributed by atoms with E-state index in [-0.39, 0.29) is 23.9 Å². The fourth-order valence-corrected chi connectivity index (χ4v) is 7.26. The Morgan fingerprint density at radius 1 is 0.654 bits per heavy atom. The van der Waals surface area contributed by atoms with Crippen LogP contribution >= 0.6 is 0 Å². The first-order chi connectivity index (χ1) is 12.5. The molecule has 1 heterocycles. The van der Waals surface area contributed by atoms with Crippen LogP contribution in [0.25, 0.3) is 0 Å². The third kappa shape index (κ3) is 2.62. The molecule has 5 aliphatic rings. The first-order valence-electron chi connectivity index (χ1n) is 11.1. The van der Waals surface area contributed by atoms with Gasteiger partial charge in [-0.25, -0.2) is 0 Å². The molecule has 4 bridgehead atoms. The van der Waals surface area contributed by atoms with Gasteiger partial charge < -0.3 is 9.80 Å². The van der Waals surface area contributed by atoms with Crippen LogP contribution in [0.5, 0.6) is 0 Å². The van der Waals surface area contributed by atoms with Crippen molar-refractivity contribution in [2.24, 2.45) is 35.5 Å². The molecule has 0 aromatic carbocycles. The Labute approximate surface area is 157 Å². The molecule has 144 valence electrons. The number of carbonyl (C=O) groups is 2. The fourth-order valence-electron chi connectivity index (χ4n) is 7.26. The molecule has 4 nitrogen and oxygen atoms in total. The predicted octanol–water partition coefficient (Wildman–Crippen LogP) is 3.31. The summed E-state index contributed by atoms with van der Waals surface area (Å²) in [6.07, 6.45) is 10.00. The summed E-state index contributed by atoms with van der Waals surface area (Å²) < 4.78 is 0. The highest BCUT2D eigenvalue weighted by Crippen LogP contribution is 2.50. The van der Waals surface area contributed by atoms with Crippen molar-refractivity contribution in [3.05, 3.63) is 0 Å². The number of amides is 2. The van der Waals surface area contributed by atoms with E-state index >= 15 is 0 Å². The summed E-state index contributed by atoms with van der Waals surface area (Å²) in [7, 11) is 0. The molecule has 4 saturated carbocycles. The standard InChI is InChI=1S/C22H34N2O2/c1-13-11-24(22(26)20-10-16-4-6-18(20)8-16)14(2)12-23(13)21(25)19-9-15-3-5-17(19)7-15/h13-20H,3-12H2,1-2H3/t13-,14+,15-,16-,17-,18-,19-,20-/m1/s1. The van der Waals surface area contributed by atoms with Crippen molar-refractivity contribution in [1.29, 1.82) is 0 Å². The lowest BCUT2D eigenvalue weighted by Crippen LogP contribution is -2.61. The fraction of sp³-hybridized carbons (Fsp3) is 0.909. The van der Waals surface area contributed by atoms with E-state index in [2.05, 4.69) is 23.6 Å². The van der Waals surface area contributed by atoms with Gasteiger partial charge in [-0.05, 0) is 76.0 Å². The van der Waals surface area contributed by atoms with E-state index in [9.17, 15) is 9.59 Å². The summed E-state index contributed by atoms with van der Waals surface area (Å²) in [6, 6.07) is 0.334. The second-order valence-corrected chi connectivity index (χ2v) is 10.2. The summed E-state index contributed by atoms with van der Waals surface area (Å²) in [4.78, 5) is 30.7. The lowest BCUT2D eigenvalue weighted by atomic mass is 9.86. The highest BCUT2D eigenvalue weighted by molar-refractivity contribution is 5.82. The second kappa shape index (κ2) is 6.24. The van der Waals surface area contributed by atoms with Crippen molar-refractivity contribution < 1.29 is 9.59 Å². The molecule has 26 heavy (non-hydrogen) atoms. The maximum atomic E-state index is 13.2. The van der Waals surface area contributed by atoms with E-state index in [1.54, 1.807) is 0 Å². The minimum absolute atomic E-state index is 0.167. The number of carbonyl (C=O) groups excluding carboxylic acids is 2. The summed E-state index contributed by atoms with van der Waals surface area (Å²) in [6.45, 7) is 5.77. The first kappa shape index (κ1) is 17.1. The second-order valence-electron chi connectivity index (χ2n) is 10.2. The molecule has 0 radical (unpaired) electrons. The van der Waals surface area contributed by atoms with Gasteiger partial charge in [0.15, 0.2) is 0 Å². The van der Waals surface area contributed by atoms with Gasteiger partial charge in [-0.15, -0.1) is 0 Å². The van der Waals surface area contributed by atoms with Crippen LogP contribution in [0.2, 0.25) is 0 Å². The van der Waals surface area contributed by atoms with Gasteiger partial charge in [0.1, 0.15) is 0 Å². The number of piperazine rings is 1. The Hall–Kier alpha value is -1.06. The number of hydrogen-bond acceptors (Lipinski definition) is 2. The molecule has 1 aliphatic heterocycles. The van der Waals surface area contributed by atoms with E-state index in [4.69, 9.17) is 0 Å². The van der Waals surface area contributed by atoms with E-state index < -0.39 is 0 Å². The molecular weight excluding hydrogens is 324 g/mol. The van der Waals surface area contributed by atoms with Crippen LogP contribution < -0.4 is 0 Å². The van der Waals surface area contributed by atoms with Crippen LogP contribution in [0, 0.1) is 35.5 Å². The smallest absolute Gasteiger partial charge is 0.226 e. The van der Waals surface area contributed by atoms with Gasteiger partial charge in [0.2, 0.25) is 11.8 Å². The van der Waals surface area contributed by atoms with Crippen molar-refractivity contribution in [2.45, 2.75) is 77.3 Å². The van der Waals surface area contributed by atoms with Crippen LogP contribution in [0.4, 0.5) is 0 Å². The number of fused-ring (bicyclic) bond motifs is 4. The molecule has 5 rings (SSSR count). The van der Waals surface area contributed by atoms with Gasteiger partial charge in [0, 0.05) is 37.0 Å². The Balaban J connectivity index is 1.25. The van der Waals surface area contributed by atoms with Crippen LogP contribution in [-0.4, -0.2) is 46.8 Å². The van der Waals surface area contributed by atoms with Crippen LogP contribution in [-0.2, 0) is 9.59 Å². The summed E-state index contributed by atoms with van der Waals surface area (Å²) in [5.74, 6) is 4.23. The zero-order chi connectivity index (χ0) is 18.0. The Morgan fingerprint density at radius 3 is 1.38 bits per heavy atom. The molecule has 0 aromatic heterocycles. The quantitative estimate of drug-likeness (QED) is 0.760. The predicted molar refractivity (Wildman–Crippen MR) is 100 cm³/mol.